The van der Waals surface area contributed by atoms with E-state index in [2.05, 4.69) is 9.84 Å². The molecule has 0 radical (unpaired) electrons. The minimum absolute atomic E-state index is 0.0387. The molecule has 0 fully saturated rings. The third-order valence-corrected chi connectivity index (χ3v) is 2.55. The molecule has 0 aliphatic heterocycles. The number of halogens is 1. The number of aromatic nitrogens is 2. The van der Waals surface area contributed by atoms with Gasteiger partial charge in [-0.2, -0.15) is 4.39 Å². The monoisotopic (exact) mass is 250 g/mol. The van der Waals surface area contributed by atoms with Gasteiger partial charge in [0.1, 0.15) is 5.56 Å². The van der Waals surface area contributed by atoms with Crippen molar-refractivity contribution in [1.29, 1.82) is 0 Å². The van der Waals surface area contributed by atoms with Gasteiger partial charge in [0.05, 0.1) is 12.7 Å². The molecule has 0 atom stereocenters. The van der Waals surface area contributed by atoms with Gasteiger partial charge in [-0.1, -0.05) is 12.1 Å². The lowest BCUT2D eigenvalue weighted by molar-refractivity contribution is 0.0601. The number of carbonyl (C=O) groups is 1. The first-order valence-electron chi connectivity index (χ1n) is 5.14. The second-order valence-electron chi connectivity index (χ2n) is 3.69. The van der Waals surface area contributed by atoms with Crippen LogP contribution in [-0.2, 0) is 11.8 Å². The molecule has 0 aliphatic carbocycles. The molecule has 0 aliphatic rings. The predicted molar refractivity (Wildman–Crippen MR) is 61.6 cm³/mol. The molecule has 6 heteroatoms. The van der Waals surface area contributed by atoms with Crippen LogP contribution in [0.4, 0.5) is 4.39 Å². The quantitative estimate of drug-likeness (QED) is 0.824. The normalized spacial score (nSPS) is 10.4. The Kier molecular flexibility index (Phi) is 3.01. The SMILES string of the molecule is COC(=O)c1cccc(-c2c(F)nn(C)c2O)c1. The van der Waals surface area contributed by atoms with Crippen molar-refractivity contribution in [2.75, 3.05) is 7.11 Å². The van der Waals surface area contributed by atoms with Gasteiger partial charge in [-0.25, -0.2) is 9.48 Å². The summed E-state index contributed by atoms with van der Waals surface area (Å²) in [6, 6.07) is 6.13. The second-order valence-corrected chi connectivity index (χ2v) is 3.69. The van der Waals surface area contributed by atoms with Crippen molar-refractivity contribution in [2.45, 2.75) is 0 Å². The Morgan fingerprint density at radius 2 is 2.22 bits per heavy atom. The van der Waals surface area contributed by atoms with E-state index in [4.69, 9.17) is 0 Å². The molecule has 1 N–H and O–H groups in total. The summed E-state index contributed by atoms with van der Waals surface area (Å²) in [5.74, 6) is -1.62. The van der Waals surface area contributed by atoms with Crippen LogP contribution >= 0.6 is 0 Å². The number of rotatable bonds is 2. The summed E-state index contributed by atoms with van der Waals surface area (Å²) in [4.78, 5) is 11.4. The summed E-state index contributed by atoms with van der Waals surface area (Å²) in [7, 11) is 2.68. The number of methoxy groups -OCH3 is 1. The fourth-order valence-electron chi connectivity index (χ4n) is 1.65. The molecule has 94 valence electrons. The van der Waals surface area contributed by atoms with Crippen molar-refractivity contribution in [3.8, 4) is 17.0 Å². The fraction of sp³-hybridized carbons (Fsp3) is 0.167. The third kappa shape index (κ3) is 1.92. The zero-order chi connectivity index (χ0) is 13.3. The molecule has 1 heterocycles. The Bertz CT molecular complexity index is 607. The van der Waals surface area contributed by atoms with Gasteiger partial charge < -0.3 is 9.84 Å². The topological polar surface area (TPSA) is 64.3 Å². The third-order valence-electron chi connectivity index (χ3n) is 2.55. The largest absolute Gasteiger partial charge is 0.493 e. The highest BCUT2D eigenvalue weighted by atomic mass is 19.1. The Morgan fingerprint density at radius 1 is 1.50 bits per heavy atom. The number of ether oxygens (including phenoxy) is 1. The Morgan fingerprint density at radius 3 is 2.78 bits per heavy atom. The summed E-state index contributed by atoms with van der Waals surface area (Å²) < 4.78 is 19.2. The maximum atomic E-state index is 13.6. The minimum Gasteiger partial charge on any atom is -0.493 e. The van der Waals surface area contributed by atoms with Gasteiger partial charge in [-0.3, -0.25) is 0 Å². The van der Waals surface area contributed by atoms with Gasteiger partial charge in [0, 0.05) is 7.05 Å². The summed E-state index contributed by atoms with van der Waals surface area (Å²) >= 11 is 0. The van der Waals surface area contributed by atoms with E-state index >= 15 is 0 Å². The average Bonchev–Trinajstić information content (AvgIpc) is 2.62. The van der Waals surface area contributed by atoms with Crippen LogP contribution in [0.25, 0.3) is 11.1 Å². The first-order valence-corrected chi connectivity index (χ1v) is 5.14. The highest BCUT2D eigenvalue weighted by Crippen LogP contribution is 2.31. The van der Waals surface area contributed by atoms with Crippen molar-refractivity contribution >= 4 is 5.97 Å². The van der Waals surface area contributed by atoms with Crippen LogP contribution in [0, 0.1) is 5.95 Å². The van der Waals surface area contributed by atoms with Crippen LogP contribution in [0.2, 0.25) is 0 Å². The summed E-state index contributed by atoms with van der Waals surface area (Å²) in [6.45, 7) is 0. The van der Waals surface area contributed by atoms with Gasteiger partial charge in [0.25, 0.3) is 0 Å². The van der Waals surface area contributed by atoms with Gasteiger partial charge >= 0.3 is 5.97 Å². The Balaban J connectivity index is 2.54. The molecular weight excluding hydrogens is 239 g/mol. The molecule has 18 heavy (non-hydrogen) atoms. The first kappa shape index (κ1) is 12.1. The molecule has 2 aromatic rings. The Hall–Kier alpha value is -2.37. The van der Waals surface area contributed by atoms with Crippen molar-refractivity contribution in [1.82, 2.24) is 9.78 Å². The number of hydrogen-bond acceptors (Lipinski definition) is 4. The number of carbonyl (C=O) groups excluding carboxylic acids is 1. The van der Waals surface area contributed by atoms with E-state index in [1.807, 2.05) is 0 Å². The van der Waals surface area contributed by atoms with E-state index < -0.39 is 11.9 Å². The van der Waals surface area contributed by atoms with Gasteiger partial charge in [-0.15, -0.1) is 5.10 Å². The molecule has 2 rings (SSSR count). The zero-order valence-electron chi connectivity index (χ0n) is 9.85. The second kappa shape index (κ2) is 4.48. The van der Waals surface area contributed by atoms with E-state index in [0.29, 0.717) is 5.56 Å². The maximum absolute atomic E-state index is 13.6. The van der Waals surface area contributed by atoms with Gasteiger partial charge in [0.2, 0.25) is 11.8 Å². The molecule has 1 aromatic heterocycles. The highest BCUT2D eigenvalue weighted by Gasteiger charge is 2.18. The van der Waals surface area contributed by atoms with Gasteiger partial charge in [-0.05, 0) is 17.7 Å². The van der Waals surface area contributed by atoms with Crippen molar-refractivity contribution in [3.05, 3.63) is 35.8 Å². The summed E-state index contributed by atoms with van der Waals surface area (Å²) in [5, 5.41) is 13.2. The van der Waals surface area contributed by atoms with Crippen LogP contribution in [0.5, 0.6) is 5.88 Å². The standard InChI is InChI=1S/C12H11FN2O3/c1-15-11(16)9(10(13)14-15)7-4-3-5-8(6-7)12(17)18-2/h3-6,16H,1-2H3. The molecule has 0 amide bonds. The fourth-order valence-corrected chi connectivity index (χ4v) is 1.65. The highest BCUT2D eigenvalue weighted by molar-refractivity contribution is 5.91. The lowest BCUT2D eigenvalue weighted by Crippen LogP contribution is -2.00. The molecule has 0 unspecified atom stereocenters. The number of benzene rings is 1. The zero-order valence-corrected chi connectivity index (χ0v) is 9.85. The van der Waals surface area contributed by atoms with E-state index in [-0.39, 0.29) is 17.0 Å². The molecule has 0 saturated heterocycles. The number of nitrogens with zero attached hydrogens (tertiary/aromatic N) is 2. The van der Waals surface area contributed by atoms with Crippen LogP contribution in [0.1, 0.15) is 10.4 Å². The lowest BCUT2D eigenvalue weighted by Gasteiger charge is -2.03. The van der Waals surface area contributed by atoms with Crippen LogP contribution < -0.4 is 0 Å². The first-order chi connectivity index (χ1) is 8.54. The van der Waals surface area contributed by atoms with Crippen molar-refractivity contribution < 1.29 is 19.0 Å². The van der Waals surface area contributed by atoms with Crippen LogP contribution in [0.15, 0.2) is 24.3 Å². The predicted octanol–water partition coefficient (Wildman–Crippen LogP) is 1.72. The molecule has 5 nitrogen and oxygen atoms in total. The maximum Gasteiger partial charge on any atom is 0.337 e. The molecular formula is C12H11FN2O3. The Labute approximate surface area is 102 Å². The lowest BCUT2D eigenvalue weighted by atomic mass is 10.1. The number of aryl methyl sites for hydroxylation is 1. The van der Waals surface area contributed by atoms with Gasteiger partial charge in [0.15, 0.2) is 0 Å². The summed E-state index contributed by atoms with van der Waals surface area (Å²) in [6.07, 6.45) is 0. The molecule has 0 saturated carbocycles. The minimum atomic E-state index is -0.794. The van der Waals surface area contributed by atoms with E-state index in [1.54, 1.807) is 18.2 Å². The van der Waals surface area contributed by atoms with Crippen molar-refractivity contribution in [2.24, 2.45) is 7.05 Å². The van der Waals surface area contributed by atoms with Crippen LogP contribution in [0.3, 0.4) is 0 Å². The van der Waals surface area contributed by atoms with Crippen LogP contribution in [-0.4, -0.2) is 28.0 Å². The molecule has 0 spiro atoms. The number of esters is 1. The van der Waals surface area contributed by atoms with E-state index in [1.165, 1.54) is 20.2 Å². The molecule has 0 bridgehead atoms. The van der Waals surface area contributed by atoms with E-state index in [0.717, 1.165) is 4.68 Å². The summed E-state index contributed by atoms with van der Waals surface area (Å²) in [5.41, 5.74) is 0.599. The van der Waals surface area contributed by atoms with E-state index in [9.17, 15) is 14.3 Å². The smallest absolute Gasteiger partial charge is 0.337 e. The average molecular weight is 250 g/mol. The number of hydrogen-bond donors (Lipinski definition) is 1. The van der Waals surface area contributed by atoms with Crippen molar-refractivity contribution in [3.63, 3.8) is 0 Å². The number of aromatic hydroxyl groups is 1. The molecule has 1 aromatic carbocycles.